The van der Waals surface area contributed by atoms with Gasteiger partial charge in [0.25, 0.3) is 0 Å². The van der Waals surface area contributed by atoms with Crippen LogP contribution in [0.1, 0.15) is 6.42 Å². The number of hydrogen-bond acceptors (Lipinski definition) is 3. The molecule has 56 valence electrons. The molecule has 0 saturated carbocycles. The molecule has 1 rings (SSSR count). The molecule has 1 aliphatic heterocycles. The molecule has 10 heavy (non-hydrogen) atoms. The summed E-state index contributed by atoms with van der Waals surface area (Å²) in [5, 5.41) is 1.93. The lowest BCUT2D eigenvalue weighted by Gasteiger charge is -2.15. The first-order valence-corrected chi connectivity index (χ1v) is 4.75. The van der Waals surface area contributed by atoms with Gasteiger partial charge in [-0.25, -0.2) is 4.79 Å². The van der Waals surface area contributed by atoms with E-state index in [0.29, 0.717) is 0 Å². The smallest absolute Gasteiger partial charge is 0.332 e. The van der Waals surface area contributed by atoms with Gasteiger partial charge in [0.2, 0.25) is 0 Å². The number of halogens is 1. The fraction of sp³-hybridized carbons (Fsp3) is 0.500. The lowest BCUT2D eigenvalue weighted by atomic mass is 10.3. The molecule has 0 aromatic heterocycles. The Labute approximate surface area is 77.5 Å². The quantitative estimate of drug-likeness (QED) is 0.414. The number of rotatable bonds is 1. The van der Waals surface area contributed by atoms with E-state index in [-0.39, 0.29) is 8.72 Å². The molecule has 0 N–H and O–H groups in total. The maximum absolute atomic E-state index is 11.0. The summed E-state index contributed by atoms with van der Waals surface area (Å²) in [5.41, 5.74) is 0. The van der Waals surface area contributed by atoms with Crippen LogP contribution in [-0.4, -0.2) is 15.8 Å². The molecule has 1 atom stereocenters. The summed E-state index contributed by atoms with van der Waals surface area (Å²) >= 11 is 3.63. The Morgan fingerprint density at radius 3 is 3.00 bits per heavy atom. The van der Waals surface area contributed by atoms with E-state index in [1.165, 1.54) is 18.9 Å². The lowest BCUT2D eigenvalue weighted by Crippen LogP contribution is -2.26. The minimum Gasteiger partial charge on any atom is -0.467 e. The zero-order chi connectivity index (χ0) is 7.61. The second-order valence-electron chi connectivity index (χ2n) is 1.91. The van der Waals surface area contributed by atoms with Gasteiger partial charge >= 0.3 is 5.97 Å². The zero-order valence-corrected chi connectivity index (χ0v) is 8.44. The van der Waals surface area contributed by atoms with Gasteiger partial charge in [-0.15, -0.1) is 11.8 Å². The Kier molecular flexibility index (Phi) is 2.62. The number of allylic oxidation sites excluding steroid dienone is 1. The highest BCUT2D eigenvalue weighted by Crippen LogP contribution is 2.43. The predicted molar refractivity (Wildman–Crippen MR) is 50.1 cm³/mol. The Hall–Kier alpha value is 0.290. The molecule has 1 aliphatic rings. The summed E-state index contributed by atoms with van der Waals surface area (Å²) < 4.78 is 4.25. The van der Waals surface area contributed by atoms with E-state index in [2.05, 4.69) is 27.3 Å². The van der Waals surface area contributed by atoms with Crippen LogP contribution in [0.5, 0.6) is 0 Å². The number of ether oxygens (including phenoxy) is 1. The van der Waals surface area contributed by atoms with Gasteiger partial charge < -0.3 is 4.74 Å². The summed E-state index contributed by atoms with van der Waals surface area (Å²) in [5.74, 6) is -0.150. The Morgan fingerprint density at radius 2 is 2.60 bits per heavy atom. The van der Waals surface area contributed by atoms with E-state index in [4.69, 9.17) is 0 Å². The lowest BCUT2D eigenvalue weighted by molar-refractivity contribution is -0.140. The van der Waals surface area contributed by atoms with Gasteiger partial charge in [0.05, 0.1) is 7.11 Å². The van der Waals surface area contributed by atoms with Crippen molar-refractivity contribution in [3.8, 4) is 0 Å². The largest absolute Gasteiger partial charge is 0.467 e. The summed E-state index contributed by atoms with van der Waals surface area (Å²) in [6.45, 7) is 0. The molecular weight excluding hydrogens is 263 g/mol. The van der Waals surface area contributed by atoms with Crippen molar-refractivity contribution < 1.29 is 9.53 Å². The third-order valence-electron chi connectivity index (χ3n) is 1.22. The van der Waals surface area contributed by atoms with Crippen LogP contribution in [-0.2, 0) is 9.53 Å². The Balaban J connectivity index is 2.61. The van der Waals surface area contributed by atoms with Gasteiger partial charge in [0.15, 0.2) is 2.75 Å². The second-order valence-corrected chi connectivity index (χ2v) is 5.69. The van der Waals surface area contributed by atoms with Crippen LogP contribution in [0, 0.1) is 0 Å². The summed E-state index contributed by atoms with van der Waals surface area (Å²) in [4.78, 5) is 11.0. The van der Waals surface area contributed by atoms with Crippen LogP contribution < -0.4 is 0 Å². The van der Waals surface area contributed by atoms with E-state index in [1.54, 1.807) is 0 Å². The second kappa shape index (κ2) is 3.13. The molecule has 0 fully saturated rings. The molecule has 0 bridgehead atoms. The van der Waals surface area contributed by atoms with Gasteiger partial charge in [0.1, 0.15) is 0 Å². The Bertz CT molecular complexity index is 171. The fourth-order valence-corrected chi connectivity index (χ4v) is 2.38. The van der Waals surface area contributed by atoms with Crippen molar-refractivity contribution in [2.45, 2.75) is 9.17 Å². The third kappa shape index (κ3) is 1.47. The summed E-state index contributed by atoms with van der Waals surface area (Å²) in [7, 11) is 1.42. The number of carbonyl (C=O) groups excluding carboxylic acids is 1. The van der Waals surface area contributed by atoms with E-state index in [9.17, 15) is 4.79 Å². The number of thioether (sulfide) groups is 1. The highest BCUT2D eigenvalue weighted by atomic mass is 127. The molecule has 0 amide bonds. The average Bonchev–Trinajstić information content (AvgIpc) is 2.36. The van der Waals surface area contributed by atoms with Crippen molar-refractivity contribution in [1.82, 2.24) is 0 Å². The van der Waals surface area contributed by atoms with Crippen molar-refractivity contribution in [3.05, 3.63) is 11.5 Å². The van der Waals surface area contributed by atoms with Crippen molar-refractivity contribution in [2.24, 2.45) is 0 Å². The first kappa shape index (κ1) is 8.39. The number of alkyl halides is 1. The predicted octanol–water partition coefficient (Wildman–Crippen LogP) is 1.94. The van der Waals surface area contributed by atoms with Crippen LogP contribution in [0.15, 0.2) is 11.5 Å². The van der Waals surface area contributed by atoms with E-state index in [1.807, 2.05) is 11.5 Å². The van der Waals surface area contributed by atoms with Gasteiger partial charge in [-0.3, -0.25) is 0 Å². The van der Waals surface area contributed by atoms with Crippen molar-refractivity contribution >= 4 is 40.3 Å². The molecule has 0 aromatic rings. The molecule has 2 nitrogen and oxygen atoms in total. The molecule has 1 heterocycles. The van der Waals surface area contributed by atoms with E-state index in [0.717, 1.165) is 6.42 Å². The first-order chi connectivity index (χ1) is 4.69. The minimum atomic E-state index is -0.382. The average molecular weight is 270 g/mol. The van der Waals surface area contributed by atoms with Crippen LogP contribution in [0.2, 0.25) is 0 Å². The highest BCUT2D eigenvalue weighted by molar-refractivity contribution is 14.1. The molecule has 4 heteroatoms. The SMILES string of the molecule is COC(=O)C1(I)CC=CS1. The van der Waals surface area contributed by atoms with Gasteiger partial charge in [0, 0.05) is 6.42 Å². The topological polar surface area (TPSA) is 26.3 Å². The molecular formula is C6H7IO2S. The van der Waals surface area contributed by atoms with E-state index >= 15 is 0 Å². The van der Waals surface area contributed by atoms with Gasteiger partial charge in [-0.2, -0.15) is 0 Å². The minimum absolute atomic E-state index is 0.150. The number of hydrogen-bond donors (Lipinski definition) is 0. The Morgan fingerprint density at radius 1 is 1.90 bits per heavy atom. The fourth-order valence-electron chi connectivity index (χ4n) is 0.688. The summed E-state index contributed by atoms with van der Waals surface area (Å²) in [6, 6.07) is 0. The molecule has 0 radical (unpaired) electrons. The maximum Gasteiger partial charge on any atom is 0.332 e. The molecule has 0 aliphatic carbocycles. The summed E-state index contributed by atoms with van der Waals surface area (Å²) in [6.07, 6.45) is 2.75. The van der Waals surface area contributed by atoms with E-state index < -0.39 is 0 Å². The van der Waals surface area contributed by atoms with Crippen LogP contribution in [0.25, 0.3) is 0 Å². The highest BCUT2D eigenvalue weighted by Gasteiger charge is 2.37. The monoisotopic (exact) mass is 270 g/mol. The number of esters is 1. The van der Waals surface area contributed by atoms with Crippen molar-refractivity contribution in [3.63, 3.8) is 0 Å². The number of methoxy groups -OCH3 is 1. The number of carbonyl (C=O) groups is 1. The molecule has 0 aromatic carbocycles. The first-order valence-electron chi connectivity index (χ1n) is 2.79. The molecule has 0 saturated heterocycles. The van der Waals surface area contributed by atoms with Crippen LogP contribution in [0.3, 0.4) is 0 Å². The molecule has 1 unspecified atom stereocenters. The van der Waals surface area contributed by atoms with Crippen LogP contribution in [0.4, 0.5) is 0 Å². The van der Waals surface area contributed by atoms with Crippen LogP contribution >= 0.6 is 34.4 Å². The van der Waals surface area contributed by atoms with Crippen molar-refractivity contribution in [1.29, 1.82) is 0 Å². The van der Waals surface area contributed by atoms with Gasteiger partial charge in [-0.1, -0.05) is 28.7 Å². The normalized spacial score (nSPS) is 30.6. The maximum atomic E-state index is 11.0. The zero-order valence-electron chi connectivity index (χ0n) is 5.46. The van der Waals surface area contributed by atoms with Crippen molar-refractivity contribution in [2.75, 3.05) is 7.11 Å². The molecule has 0 spiro atoms. The van der Waals surface area contributed by atoms with Gasteiger partial charge in [-0.05, 0) is 5.41 Å². The third-order valence-corrected chi connectivity index (χ3v) is 3.90. The standard InChI is InChI=1S/C6H7IO2S/c1-9-5(8)6(7)3-2-4-10-6/h2,4H,3H2,1H3.